The topological polar surface area (TPSA) is 98.6 Å². The Morgan fingerprint density at radius 1 is 1.28 bits per heavy atom. The highest BCUT2D eigenvalue weighted by Crippen LogP contribution is 2.23. The maximum Gasteiger partial charge on any atom is 0.414 e. The van der Waals surface area contributed by atoms with E-state index < -0.39 is 6.09 Å². The molecule has 2 aromatic heterocycles. The Bertz CT molecular complexity index is 1200. The molecule has 9 nitrogen and oxygen atoms in total. The third-order valence-electron chi connectivity index (χ3n) is 5.32. The summed E-state index contributed by atoms with van der Waals surface area (Å²) in [7, 11) is 1.52. The first-order chi connectivity index (χ1) is 15.5. The third kappa shape index (κ3) is 4.54. The maximum atomic E-state index is 13.8. The highest BCUT2D eigenvalue weighted by Gasteiger charge is 2.32. The van der Waals surface area contributed by atoms with Crippen LogP contribution < -0.4 is 20.5 Å². The number of hydrogen-bond donors (Lipinski definition) is 1. The Hall–Kier alpha value is -3.53. The van der Waals surface area contributed by atoms with E-state index in [1.54, 1.807) is 35.8 Å². The predicted octanol–water partition coefficient (Wildman–Crippen LogP) is 2.25. The number of benzene rings is 1. The quantitative estimate of drug-likeness (QED) is 0.536. The van der Waals surface area contributed by atoms with E-state index >= 15 is 0 Å². The van der Waals surface area contributed by atoms with Crippen molar-refractivity contribution in [1.29, 1.82) is 0 Å². The molecule has 3 aromatic rings. The molecule has 0 radical (unpaired) electrons. The highest BCUT2D eigenvalue weighted by molar-refractivity contribution is 5.89. The zero-order chi connectivity index (χ0) is 22.7. The van der Waals surface area contributed by atoms with Crippen LogP contribution in [0.1, 0.15) is 12.0 Å². The smallest absolute Gasteiger partial charge is 0.414 e. The van der Waals surface area contributed by atoms with Crippen molar-refractivity contribution < 1.29 is 18.7 Å². The molecule has 168 valence electrons. The van der Waals surface area contributed by atoms with Crippen molar-refractivity contribution in [2.24, 2.45) is 0 Å². The number of anilines is 1. The molecule has 0 aliphatic carbocycles. The molecule has 0 spiro atoms. The maximum absolute atomic E-state index is 13.8. The van der Waals surface area contributed by atoms with Crippen molar-refractivity contribution in [3.63, 3.8) is 0 Å². The Morgan fingerprint density at radius 2 is 2.12 bits per heavy atom. The molecule has 1 saturated heterocycles. The van der Waals surface area contributed by atoms with Crippen LogP contribution in [0.2, 0.25) is 0 Å². The molecule has 1 amide bonds. The summed E-state index contributed by atoms with van der Waals surface area (Å²) < 4.78 is 25.9. The van der Waals surface area contributed by atoms with Crippen molar-refractivity contribution >= 4 is 22.9 Å². The van der Waals surface area contributed by atoms with Crippen LogP contribution >= 0.6 is 0 Å². The van der Waals surface area contributed by atoms with E-state index in [0.717, 1.165) is 0 Å². The number of halogens is 1. The molecular weight excluding hydrogens is 417 g/mol. The lowest BCUT2D eigenvalue weighted by atomic mass is 10.2. The number of hydrogen-bond acceptors (Lipinski definition) is 7. The molecular formula is C22H24FN5O4. The van der Waals surface area contributed by atoms with Crippen molar-refractivity contribution in [2.45, 2.75) is 26.0 Å². The van der Waals surface area contributed by atoms with Gasteiger partial charge in [0.2, 0.25) is 5.88 Å². The molecule has 1 atom stereocenters. The molecule has 1 aliphatic rings. The standard InChI is InChI=1S/C22H24FN5O4/c1-14-4-5-15(10-17(14)23)28-13-16(32-22(28)30)11-24-8-3-9-27-20(29)12-25-18-6-7-19(31-2)26-21(18)27/h4-7,10,12,16,24H,3,8-9,11,13H2,1-2H3/t16-/m1/s1. The predicted molar refractivity (Wildman–Crippen MR) is 117 cm³/mol. The third-order valence-corrected chi connectivity index (χ3v) is 5.32. The van der Waals surface area contributed by atoms with Crippen LogP contribution in [0.25, 0.3) is 11.2 Å². The molecule has 0 unspecified atom stereocenters. The number of pyridine rings is 1. The van der Waals surface area contributed by atoms with Crippen LogP contribution in [0, 0.1) is 12.7 Å². The van der Waals surface area contributed by atoms with Gasteiger partial charge in [-0.2, -0.15) is 4.98 Å². The first-order valence-corrected chi connectivity index (χ1v) is 10.3. The van der Waals surface area contributed by atoms with Crippen molar-refractivity contribution in [3.8, 4) is 5.88 Å². The fourth-order valence-corrected chi connectivity index (χ4v) is 3.57. The highest BCUT2D eigenvalue weighted by atomic mass is 19.1. The van der Waals surface area contributed by atoms with E-state index in [9.17, 15) is 14.0 Å². The number of amides is 1. The molecule has 32 heavy (non-hydrogen) atoms. The lowest BCUT2D eigenvalue weighted by Gasteiger charge is -2.14. The average molecular weight is 441 g/mol. The molecule has 1 aromatic carbocycles. The molecule has 1 aliphatic heterocycles. The second-order valence-electron chi connectivity index (χ2n) is 7.55. The second kappa shape index (κ2) is 9.31. The number of rotatable bonds is 8. The monoisotopic (exact) mass is 441 g/mol. The van der Waals surface area contributed by atoms with Gasteiger partial charge in [-0.3, -0.25) is 14.3 Å². The summed E-state index contributed by atoms with van der Waals surface area (Å²) in [6.07, 6.45) is 1.10. The largest absolute Gasteiger partial charge is 0.481 e. The Kier molecular flexibility index (Phi) is 6.31. The molecule has 4 rings (SSSR count). The first kappa shape index (κ1) is 21.7. The molecule has 10 heteroatoms. The van der Waals surface area contributed by atoms with Crippen LogP contribution in [-0.4, -0.2) is 53.5 Å². The number of carbonyl (C=O) groups is 1. The summed E-state index contributed by atoms with van der Waals surface area (Å²) in [5.41, 5.74) is 1.86. The van der Waals surface area contributed by atoms with E-state index in [1.807, 2.05) is 0 Å². The van der Waals surface area contributed by atoms with E-state index in [1.165, 1.54) is 24.3 Å². The molecule has 1 fully saturated rings. The van der Waals surface area contributed by atoms with Gasteiger partial charge in [0.15, 0.2) is 5.65 Å². The summed E-state index contributed by atoms with van der Waals surface area (Å²) in [5, 5.41) is 3.25. The van der Waals surface area contributed by atoms with Gasteiger partial charge < -0.3 is 14.8 Å². The number of aromatic nitrogens is 3. The number of aryl methyl sites for hydroxylation is 2. The second-order valence-corrected chi connectivity index (χ2v) is 7.55. The summed E-state index contributed by atoms with van der Waals surface area (Å²) in [6, 6.07) is 8.14. The van der Waals surface area contributed by atoms with Crippen LogP contribution in [0.4, 0.5) is 14.9 Å². The molecule has 3 heterocycles. The van der Waals surface area contributed by atoms with Crippen LogP contribution in [0.3, 0.4) is 0 Å². The SMILES string of the molecule is COc1ccc2ncc(=O)n(CCCNC[C@@H]3CN(c4ccc(C)c(F)c4)C(=O)O3)c2n1. The van der Waals surface area contributed by atoms with Gasteiger partial charge in [0.25, 0.3) is 5.56 Å². The number of ether oxygens (including phenoxy) is 2. The summed E-state index contributed by atoms with van der Waals surface area (Å²) in [4.78, 5) is 34.3. The van der Waals surface area contributed by atoms with Crippen LogP contribution in [0.5, 0.6) is 5.88 Å². The minimum absolute atomic E-state index is 0.232. The fourth-order valence-electron chi connectivity index (χ4n) is 3.57. The van der Waals surface area contributed by atoms with Gasteiger partial charge >= 0.3 is 6.09 Å². The molecule has 1 N–H and O–H groups in total. The van der Waals surface area contributed by atoms with Crippen LogP contribution in [0.15, 0.2) is 41.3 Å². The fraction of sp³-hybridized carbons (Fsp3) is 0.364. The van der Waals surface area contributed by atoms with Gasteiger partial charge in [-0.05, 0) is 43.7 Å². The normalized spacial score (nSPS) is 15.9. The van der Waals surface area contributed by atoms with Gasteiger partial charge in [-0.1, -0.05) is 6.07 Å². The van der Waals surface area contributed by atoms with Gasteiger partial charge in [0.1, 0.15) is 17.4 Å². The number of methoxy groups -OCH3 is 1. The van der Waals surface area contributed by atoms with E-state index in [2.05, 4.69) is 15.3 Å². The number of nitrogens with one attached hydrogen (secondary N) is 1. The van der Waals surface area contributed by atoms with Crippen molar-refractivity contribution in [1.82, 2.24) is 19.9 Å². The zero-order valence-corrected chi connectivity index (χ0v) is 17.9. The van der Waals surface area contributed by atoms with E-state index in [4.69, 9.17) is 9.47 Å². The zero-order valence-electron chi connectivity index (χ0n) is 17.9. The van der Waals surface area contributed by atoms with Crippen LogP contribution in [-0.2, 0) is 11.3 Å². The number of nitrogens with zero attached hydrogens (tertiary/aromatic N) is 4. The lowest BCUT2D eigenvalue weighted by molar-refractivity contribution is 0.140. The minimum atomic E-state index is -0.491. The summed E-state index contributed by atoms with van der Waals surface area (Å²) in [5.74, 6) is 0.0562. The molecule has 0 saturated carbocycles. The number of carbonyl (C=O) groups excluding carboxylic acids is 1. The van der Waals surface area contributed by atoms with Gasteiger partial charge in [-0.25, -0.2) is 14.2 Å². The van der Waals surface area contributed by atoms with E-state index in [-0.39, 0.29) is 17.5 Å². The summed E-state index contributed by atoms with van der Waals surface area (Å²) >= 11 is 0. The van der Waals surface area contributed by atoms with E-state index in [0.29, 0.717) is 60.9 Å². The van der Waals surface area contributed by atoms with Gasteiger partial charge in [0.05, 0.1) is 25.5 Å². The number of cyclic esters (lactones) is 1. The lowest BCUT2D eigenvalue weighted by Crippen LogP contribution is -2.32. The van der Waals surface area contributed by atoms with Crippen molar-refractivity contribution in [3.05, 3.63) is 58.3 Å². The molecule has 0 bridgehead atoms. The van der Waals surface area contributed by atoms with Gasteiger partial charge in [-0.15, -0.1) is 0 Å². The Balaban J connectivity index is 1.30. The number of fused-ring (bicyclic) bond motifs is 1. The Labute approximate surface area is 183 Å². The first-order valence-electron chi connectivity index (χ1n) is 10.3. The van der Waals surface area contributed by atoms with Gasteiger partial charge in [0, 0.05) is 19.2 Å². The minimum Gasteiger partial charge on any atom is -0.481 e. The van der Waals surface area contributed by atoms with Crippen molar-refractivity contribution in [2.75, 3.05) is 31.6 Å². The average Bonchev–Trinajstić information content (AvgIpc) is 3.16. The summed E-state index contributed by atoms with van der Waals surface area (Å²) in [6.45, 7) is 3.52. The Morgan fingerprint density at radius 3 is 2.91 bits per heavy atom.